The largest absolute Gasteiger partial charge is 0.357 e. The van der Waals surface area contributed by atoms with Crippen molar-refractivity contribution in [1.82, 2.24) is 10.1 Å². The Morgan fingerprint density at radius 3 is 2.94 bits per heavy atom. The molecule has 4 heterocycles. The summed E-state index contributed by atoms with van der Waals surface area (Å²) in [5.74, 6) is 1.73. The lowest BCUT2D eigenvalue weighted by Crippen LogP contribution is -2.42. The Kier molecular flexibility index (Phi) is 3.02. The van der Waals surface area contributed by atoms with Crippen LogP contribution in [-0.4, -0.2) is 29.7 Å². The highest BCUT2D eigenvalue weighted by atomic mass is 16.5. The first-order valence-corrected chi connectivity index (χ1v) is 6.73. The molecule has 3 heteroatoms. The molecule has 2 bridgehead atoms. The van der Waals surface area contributed by atoms with Crippen molar-refractivity contribution >= 4 is 6.08 Å². The zero-order chi connectivity index (χ0) is 11.7. The monoisotopic (exact) mass is 232 g/mol. The lowest BCUT2D eigenvalue weighted by molar-refractivity contribution is 0.163. The number of fused-ring (bicyclic) bond motifs is 3. The number of nitrogens with zero attached hydrogens (tertiary/aromatic N) is 2. The highest BCUT2D eigenvalue weighted by molar-refractivity contribution is 5.49. The summed E-state index contributed by atoms with van der Waals surface area (Å²) in [6.45, 7) is 5.85. The van der Waals surface area contributed by atoms with E-state index >= 15 is 0 Å². The molecule has 3 aliphatic heterocycles. The van der Waals surface area contributed by atoms with E-state index < -0.39 is 0 Å². The molecule has 17 heavy (non-hydrogen) atoms. The summed E-state index contributed by atoms with van der Waals surface area (Å²) in [6, 6.07) is 2.09. The van der Waals surface area contributed by atoms with Gasteiger partial charge in [0.1, 0.15) is 0 Å². The number of hydrogen-bond donors (Lipinski definition) is 0. The molecule has 0 amide bonds. The first kappa shape index (κ1) is 11.0. The van der Waals surface area contributed by atoms with Gasteiger partial charge in [-0.3, -0.25) is 4.90 Å². The van der Waals surface area contributed by atoms with Gasteiger partial charge in [-0.1, -0.05) is 18.5 Å². The fourth-order valence-corrected chi connectivity index (χ4v) is 2.97. The molecule has 4 rings (SSSR count). The van der Waals surface area contributed by atoms with E-state index in [4.69, 9.17) is 4.52 Å². The molecule has 0 atom stereocenters. The van der Waals surface area contributed by atoms with Crippen molar-refractivity contribution in [2.45, 2.75) is 32.6 Å². The van der Waals surface area contributed by atoms with Gasteiger partial charge in [0.05, 0.1) is 5.69 Å². The summed E-state index contributed by atoms with van der Waals surface area (Å²) < 4.78 is 5.38. The van der Waals surface area contributed by atoms with Crippen molar-refractivity contribution in [1.29, 1.82) is 0 Å². The molecule has 0 saturated carbocycles. The van der Waals surface area contributed by atoms with Gasteiger partial charge in [0.15, 0.2) is 5.76 Å². The van der Waals surface area contributed by atoms with E-state index in [-0.39, 0.29) is 0 Å². The number of rotatable bonds is 3. The van der Waals surface area contributed by atoms with E-state index in [1.54, 1.807) is 5.57 Å². The minimum atomic E-state index is 0.791. The van der Waals surface area contributed by atoms with E-state index in [9.17, 15) is 0 Å². The Bertz CT molecular complexity index is 414. The third kappa shape index (κ3) is 2.29. The Hall–Kier alpha value is -1.09. The third-order valence-electron chi connectivity index (χ3n) is 3.93. The zero-order valence-electron chi connectivity index (χ0n) is 10.5. The zero-order valence-corrected chi connectivity index (χ0v) is 10.5. The molecule has 0 N–H and O–H groups in total. The Morgan fingerprint density at radius 2 is 2.29 bits per heavy atom. The standard InChI is InChI=1S/C14H20N2O/c1-2-3-13-9-14(17-15-13)8-12-10-16-6-4-11(12)5-7-16/h8-9,11H,2-7,10H2,1H3/b12-8+. The molecule has 1 aromatic rings. The van der Waals surface area contributed by atoms with Crippen molar-refractivity contribution in [3.8, 4) is 0 Å². The van der Waals surface area contributed by atoms with Gasteiger partial charge in [-0.05, 0) is 49.9 Å². The van der Waals surface area contributed by atoms with Crippen molar-refractivity contribution in [3.05, 3.63) is 23.1 Å². The van der Waals surface area contributed by atoms with Crippen LogP contribution in [0.1, 0.15) is 37.6 Å². The minimum absolute atomic E-state index is 0.791. The molecule has 0 aliphatic carbocycles. The second-order valence-corrected chi connectivity index (χ2v) is 5.24. The van der Waals surface area contributed by atoms with Crippen LogP contribution in [0.5, 0.6) is 0 Å². The predicted molar refractivity (Wildman–Crippen MR) is 67.6 cm³/mol. The smallest absolute Gasteiger partial charge is 0.159 e. The second-order valence-electron chi connectivity index (χ2n) is 5.24. The summed E-state index contributed by atoms with van der Waals surface area (Å²) in [4.78, 5) is 2.54. The molecule has 3 saturated heterocycles. The van der Waals surface area contributed by atoms with Gasteiger partial charge < -0.3 is 4.52 Å². The first-order valence-electron chi connectivity index (χ1n) is 6.73. The highest BCUT2D eigenvalue weighted by Gasteiger charge is 2.29. The molecule has 0 radical (unpaired) electrons. The van der Waals surface area contributed by atoms with Gasteiger partial charge in [0.25, 0.3) is 0 Å². The van der Waals surface area contributed by atoms with Crippen molar-refractivity contribution in [2.24, 2.45) is 5.92 Å². The van der Waals surface area contributed by atoms with Crippen LogP contribution in [0, 0.1) is 5.92 Å². The topological polar surface area (TPSA) is 29.3 Å². The molecule has 3 fully saturated rings. The van der Waals surface area contributed by atoms with Crippen LogP contribution in [0.3, 0.4) is 0 Å². The quantitative estimate of drug-likeness (QED) is 0.802. The summed E-state index contributed by atoms with van der Waals surface area (Å²) in [5.41, 5.74) is 2.63. The first-order chi connectivity index (χ1) is 8.35. The Balaban J connectivity index is 1.76. The summed E-state index contributed by atoms with van der Waals surface area (Å²) in [5, 5.41) is 4.10. The molecule has 3 nitrogen and oxygen atoms in total. The fourth-order valence-electron chi connectivity index (χ4n) is 2.97. The van der Waals surface area contributed by atoms with Crippen LogP contribution in [-0.2, 0) is 6.42 Å². The van der Waals surface area contributed by atoms with Crippen LogP contribution in [0.4, 0.5) is 0 Å². The normalized spacial score (nSPS) is 30.1. The van der Waals surface area contributed by atoms with Crippen LogP contribution in [0.15, 0.2) is 16.2 Å². The van der Waals surface area contributed by atoms with Gasteiger partial charge in [0, 0.05) is 12.6 Å². The molecule has 1 aromatic heterocycles. The summed E-state index contributed by atoms with van der Waals surface area (Å²) in [6.07, 6.45) is 7.01. The summed E-state index contributed by atoms with van der Waals surface area (Å²) >= 11 is 0. The van der Waals surface area contributed by atoms with Gasteiger partial charge in [-0.15, -0.1) is 0 Å². The SMILES string of the molecule is CCCc1cc(/C=C2\CN3CCC2CC3)on1. The second kappa shape index (κ2) is 4.65. The number of aromatic nitrogens is 1. The molecule has 0 unspecified atom stereocenters. The maximum atomic E-state index is 5.38. The highest BCUT2D eigenvalue weighted by Crippen LogP contribution is 2.32. The van der Waals surface area contributed by atoms with E-state index in [1.807, 2.05) is 0 Å². The van der Waals surface area contributed by atoms with Gasteiger partial charge >= 0.3 is 0 Å². The average molecular weight is 232 g/mol. The number of piperidine rings is 3. The van der Waals surface area contributed by atoms with Gasteiger partial charge in [-0.25, -0.2) is 0 Å². The molecular weight excluding hydrogens is 212 g/mol. The van der Waals surface area contributed by atoms with E-state index in [0.29, 0.717) is 0 Å². The molecule has 0 aromatic carbocycles. The minimum Gasteiger partial charge on any atom is -0.357 e. The van der Waals surface area contributed by atoms with Crippen molar-refractivity contribution < 1.29 is 4.52 Å². The molecule has 0 spiro atoms. The maximum absolute atomic E-state index is 5.38. The van der Waals surface area contributed by atoms with Crippen LogP contribution in [0.2, 0.25) is 0 Å². The van der Waals surface area contributed by atoms with Gasteiger partial charge in [-0.2, -0.15) is 0 Å². The van der Waals surface area contributed by atoms with E-state index in [1.165, 1.54) is 25.9 Å². The third-order valence-corrected chi connectivity index (χ3v) is 3.93. The van der Waals surface area contributed by atoms with E-state index in [2.05, 4.69) is 29.1 Å². The van der Waals surface area contributed by atoms with Crippen LogP contribution >= 0.6 is 0 Å². The van der Waals surface area contributed by atoms with Crippen molar-refractivity contribution in [2.75, 3.05) is 19.6 Å². The Morgan fingerprint density at radius 1 is 1.47 bits per heavy atom. The predicted octanol–water partition coefficient (Wildman–Crippen LogP) is 2.74. The van der Waals surface area contributed by atoms with Crippen molar-refractivity contribution in [3.63, 3.8) is 0 Å². The molecular formula is C14H20N2O. The number of aryl methyl sites for hydroxylation is 1. The number of hydrogen-bond acceptors (Lipinski definition) is 3. The van der Waals surface area contributed by atoms with E-state index in [0.717, 1.165) is 36.8 Å². The molecule has 92 valence electrons. The maximum Gasteiger partial charge on any atom is 0.159 e. The fraction of sp³-hybridized carbons (Fsp3) is 0.643. The average Bonchev–Trinajstić information content (AvgIpc) is 2.79. The van der Waals surface area contributed by atoms with Crippen LogP contribution < -0.4 is 0 Å². The Labute approximate surface area is 102 Å². The molecule has 3 aliphatic rings. The lowest BCUT2D eigenvalue weighted by Gasteiger charge is -2.40. The van der Waals surface area contributed by atoms with Gasteiger partial charge in [0.2, 0.25) is 0 Å². The summed E-state index contributed by atoms with van der Waals surface area (Å²) in [7, 11) is 0. The lowest BCUT2D eigenvalue weighted by atomic mass is 9.83. The van der Waals surface area contributed by atoms with Crippen LogP contribution in [0.25, 0.3) is 6.08 Å².